The van der Waals surface area contributed by atoms with E-state index in [1.165, 1.54) is 0 Å². The monoisotopic (exact) mass is 397 g/mol. The van der Waals surface area contributed by atoms with Crippen molar-refractivity contribution in [2.45, 2.75) is 45.1 Å². The van der Waals surface area contributed by atoms with Crippen LogP contribution in [0.1, 0.15) is 44.9 Å². The topological polar surface area (TPSA) is 70.5 Å². The molecule has 29 heavy (non-hydrogen) atoms. The average molecular weight is 398 g/mol. The number of likely N-dealkylation sites (tertiary alicyclic amines) is 2. The highest BCUT2D eigenvalue weighted by atomic mass is 16.2. The van der Waals surface area contributed by atoms with Crippen LogP contribution < -0.4 is 5.32 Å². The summed E-state index contributed by atoms with van der Waals surface area (Å²) in [6, 6.07) is 8.43. The molecule has 3 heterocycles. The van der Waals surface area contributed by atoms with Crippen LogP contribution in [0.3, 0.4) is 0 Å². The Hall–Kier alpha value is -2.57. The molecule has 3 amide bonds. The smallest absolute Gasteiger partial charge is 0.317 e. The molecule has 7 heteroatoms. The number of carbonyl (C=O) groups excluding carboxylic acids is 2. The van der Waals surface area contributed by atoms with Gasteiger partial charge in [0, 0.05) is 57.5 Å². The highest BCUT2D eigenvalue weighted by Gasteiger charge is 2.32. The average Bonchev–Trinajstić information content (AvgIpc) is 3.26. The molecular formula is C22H31N5O2. The number of urea groups is 1. The molecule has 0 radical (unpaired) electrons. The number of hydrogen-bond donors (Lipinski definition) is 1. The van der Waals surface area contributed by atoms with Crippen LogP contribution in [-0.2, 0) is 11.8 Å². The molecule has 2 saturated heterocycles. The van der Waals surface area contributed by atoms with Crippen molar-refractivity contribution in [1.29, 1.82) is 0 Å². The Bertz CT molecular complexity index is 898. The molecular weight excluding hydrogens is 366 g/mol. The maximum atomic E-state index is 12.6. The molecule has 2 aromatic rings. The van der Waals surface area contributed by atoms with Crippen molar-refractivity contribution >= 4 is 23.0 Å². The van der Waals surface area contributed by atoms with Crippen LogP contribution in [-0.4, -0.2) is 63.5 Å². The summed E-state index contributed by atoms with van der Waals surface area (Å²) in [5, 5.41) is 3.05. The van der Waals surface area contributed by atoms with E-state index in [1.807, 2.05) is 35.8 Å². The second-order valence-corrected chi connectivity index (χ2v) is 8.68. The third kappa shape index (κ3) is 3.95. The van der Waals surface area contributed by atoms with Crippen molar-refractivity contribution in [3.05, 3.63) is 30.1 Å². The SMILES string of the molecule is CC(C)N1C[C@H](CNC(=O)N2CCC(c3nc4ccccc4n3C)CC2)CC1=O. The Morgan fingerprint density at radius 2 is 1.97 bits per heavy atom. The minimum absolute atomic E-state index is 0.0103. The third-order valence-corrected chi connectivity index (χ3v) is 6.37. The summed E-state index contributed by atoms with van der Waals surface area (Å²) in [5.74, 6) is 1.90. The summed E-state index contributed by atoms with van der Waals surface area (Å²) >= 11 is 0. The maximum absolute atomic E-state index is 12.6. The Kier molecular flexibility index (Phi) is 5.48. The number of para-hydroxylation sites is 2. The largest absolute Gasteiger partial charge is 0.340 e. The quantitative estimate of drug-likeness (QED) is 0.862. The summed E-state index contributed by atoms with van der Waals surface area (Å²) in [6.07, 6.45) is 2.38. The fraction of sp³-hybridized carbons (Fsp3) is 0.591. The predicted molar refractivity (Wildman–Crippen MR) is 113 cm³/mol. The summed E-state index contributed by atoms with van der Waals surface area (Å²) in [5.41, 5.74) is 2.19. The van der Waals surface area contributed by atoms with Crippen molar-refractivity contribution in [1.82, 2.24) is 24.7 Å². The number of aryl methyl sites for hydroxylation is 1. The van der Waals surface area contributed by atoms with Gasteiger partial charge in [0.2, 0.25) is 5.91 Å². The van der Waals surface area contributed by atoms with Crippen LogP contribution in [0.15, 0.2) is 24.3 Å². The highest BCUT2D eigenvalue weighted by molar-refractivity contribution is 5.79. The molecule has 156 valence electrons. The molecule has 0 saturated carbocycles. The van der Waals surface area contributed by atoms with E-state index in [0.29, 0.717) is 18.9 Å². The summed E-state index contributed by atoms with van der Waals surface area (Å²) in [4.78, 5) is 33.3. The zero-order valence-corrected chi connectivity index (χ0v) is 17.6. The number of piperidine rings is 1. The molecule has 0 bridgehead atoms. The molecule has 0 unspecified atom stereocenters. The van der Waals surface area contributed by atoms with Gasteiger partial charge in [0.05, 0.1) is 11.0 Å². The van der Waals surface area contributed by atoms with Gasteiger partial charge in [-0.3, -0.25) is 4.79 Å². The first-order chi connectivity index (χ1) is 13.9. The molecule has 2 fully saturated rings. The first-order valence-electron chi connectivity index (χ1n) is 10.7. The van der Waals surface area contributed by atoms with Crippen molar-refractivity contribution in [3.63, 3.8) is 0 Å². The van der Waals surface area contributed by atoms with E-state index in [-0.39, 0.29) is 23.9 Å². The molecule has 1 atom stereocenters. The van der Waals surface area contributed by atoms with Gasteiger partial charge in [0.1, 0.15) is 5.82 Å². The number of imidazole rings is 1. The lowest BCUT2D eigenvalue weighted by Gasteiger charge is -2.32. The summed E-state index contributed by atoms with van der Waals surface area (Å²) in [6.45, 7) is 6.86. The Labute approximate surface area is 172 Å². The van der Waals surface area contributed by atoms with E-state index in [2.05, 4.69) is 29.1 Å². The number of rotatable bonds is 4. The van der Waals surface area contributed by atoms with Gasteiger partial charge in [0.25, 0.3) is 0 Å². The lowest BCUT2D eigenvalue weighted by atomic mass is 9.96. The fourth-order valence-corrected chi connectivity index (χ4v) is 4.66. The van der Waals surface area contributed by atoms with Gasteiger partial charge in [-0.15, -0.1) is 0 Å². The second-order valence-electron chi connectivity index (χ2n) is 8.68. The van der Waals surface area contributed by atoms with E-state index < -0.39 is 0 Å². The molecule has 1 aromatic carbocycles. The Morgan fingerprint density at radius 3 is 2.62 bits per heavy atom. The normalized spacial score (nSPS) is 20.8. The minimum Gasteiger partial charge on any atom is -0.340 e. The van der Waals surface area contributed by atoms with E-state index in [0.717, 1.165) is 49.3 Å². The summed E-state index contributed by atoms with van der Waals surface area (Å²) < 4.78 is 2.19. The lowest BCUT2D eigenvalue weighted by Crippen LogP contribution is -2.45. The first-order valence-corrected chi connectivity index (χ1v) is 10.7. The number of benzene rings is 1. The molecule has 1 N–H and O–H groups in total. The van der Waals surface area contributed by atoms with Gasteiger partial charge in [-0.25, -0.2) is 9.78 Å². The molecule has 2 aliphatic heterocycles. The van der Waals surface area contributed by atoms with E-state index in [4.69, 9.17) is 4.98 Å². The molecule has 7 nitrogen and oxygen atoms in total. The van der Waals surface area contributed by atoms with Crippen LogP contribution in [0.25, 0.3) is 11.0 Å². The predicted octanol–water partition coefficient (Wildman–Crippen LogP) is 2.72. The van der Waals surface area contributed by atoms with Crippen LogP contribution in [0.5, 0.6) is 0 Å². The molecule has 2 aliphatic rings. The zero-order valence-electron chi connectivity index (χ0n) is 17.6. The fourth-order valence-electron chi connectivity index (χ4n) is 4.66. The molecule has 0 spiro atoms. The van der Waals surface area contributed by atoms with E-state index in [1.54, 1.807) is 0 Å². The first kappa shape index (κ1) is 19.7. The number of carbonyl (C=O) groups is 2. The third-order valence-electron chi connectivity index (χ3n) is 6.37. The van der Waals surface area contributed by atoms with Gasteiger partial charge in [-0.1, -0.05) is 12.1 Å². The van der Waals surface area contributed by atoms with Crippen molar-refractivity contribution in [2.75, 3.05) is 26.2 Å². The zero-order chi connectivity index (χ0) is 20.5. The van der Waals surface area contributed by atoms with Gasteiger partial charge >= 0.3 is 6.03 Å². The maximum Gasteiger partial charge on any atom is 0.317 e. The van der Waals surface area contributed by atoms with Gasteiger partial charge in [-0.05, 0) is 38.8 Å². The Morgan fingerprint density at radius 1 is 1.24 bits per heavy atom. The van der Waals surface area contributed by atoms with Crippen molar-refractivity contribution in [2.24, 2.45) is 13.0 Å². The minimum atomic E-state index is -0.0103. The van der Waals surface area contributed by atoms with Gasteiger partial charge in [-0.2, -0.15) is 0 Å². The number of nitrogens with one attached hydrogen (secondary N) is 1. The van der Waals surface area contributed by atoms with E-state index in [9.17, 15) is 9.59 Å². The highest BCUT2D eigenvalue weighted by Crippen LogP contribution is 2.29. The molecule has 0 aliphatic carbocycles. The molecule has 1 aromatic heterocycles. The van der Waals surface area contributed by atoms with Crippen LogP contribution in [0.4, 0.5) is 4.79 Å². The van der Waals surface area contributed by atoms with Crippen LogP contribution in [0.2, 0.25) is 0 Å². The Balaban J connectivity index is 1.29. The number of aromatic nitrogens is 2. The lowest BCUT2D eigenvalue weighted by molar-refractivity contribution is -0.129. The van der Waals surface area contributed by atoms with Crippen molar-refractivity contribution < 1.29 is 9.59 Å². The van der Waals surface area contributed by atoms with Crippen LogP contribution in [0, 0.1) is 5.92 Å². The number of amides is 3. The summed E-state index contributed by atoms with van der Waals surface area (Å²) in [7, 11) is 2.08. The standard InChI is InChI=1S/C22H31N5O2/c1-15(2)27-14-16(12-20(27)28)13-23-22(29)26-10-8-17(9-11-26)21-24-18-6-4-5-7-19(18)25(21)3/h4-7,15-17H,8-14H2,1-3H3,(H,23,29)/t16-/m0/s1. The van der Waals surface area contributed by atoms with Crippen molar-refractivity contribution in [3.8, 4) is 0 Å². The second kappa shape index (κ2) is 8.05. The van der Waals surface area contributed by atoms with Gasteiger partial charge in [0.15, 0.2) is 0 Å². The van der Waals surface area contributed by atoms with E-state index >= 15 is 0 Å². The number of nitrogens with zero attached hydrogens (tertiary/aromatic N) is 4. The van der Waals surface area contributed by atoms with Crippen LogP contribution >= 0.6 is 0 Å². The molecule has 4 rings (SSSR count). The number of hydrogen-bond acceptors (Lipinski definition) is 3. The van der Waals surface area contributed by atoms with Gasteiger partial charge < -0.3 is 19.7 Å². The number of fused-ring (bicyclic) bond motifs is 1.